The van der Waals surface area contributed by atoms with Crippen LogP contribution in [0.15, 0.2) is 47.5 Å². The molecule has 0 bridgehead atoms. The van der Waals surface area contributed by atoms with Gasteiger partial charge in [0.25, 0.3) is 15.9 Å². The molecule has 1 atom stereocenters. The quantitative estimate of drug-likeness (QED) is 0.591. The molecule has 1 aromatic heterocycles. The maximum atomic E-state index is 13.6. The van der Waals surface area contributed by atoms with E-state index in [9.17, 15) is 13.2 Å². The minimum atomic E-state index is -4.31. The van der Waals surface area contributed by atoms with Crippen LogP contribution in [0.5, 0.6) is 17.2 Å². The van der Waals surface area contributed by atoms with E-state index in [1.165, 1.54) is 52.5 Å². The van der Waals surface area contributed by atoms with Gasteiger partial charge in [0.15, 0.2) is 11.5 Å². The zero-order valence-corrected chi connectivity index (χ0v) is 18.8. The van der Waals surface area contributed by atoms with Crippen molar-refractivity contribution < 1.29 is 27.4 Å². The molecule has 9 nitrogen and oxygen atoms in total. The summed E-state index contributed by atoms with van der Waals surface area (Å²) < 4.78 is 45.7. The molecule has 2 N–H and O–H groups in total. The lowest BCUT2D eigenvalue weighted by Gasteiger charge is -2.25. The molecule has 0 saturated heterocycles. The van der Waals surface area contributed by atoms with Crippen LogP contribution in [0.1, 0.15) is 6.92 Å². The molecule has 31 heavy (non-hydrogen) atoms. The zero-order chi connectivity index (χ0) is 22.9. The average Bonchev–Trinajstić information content (AvgIpc) is 3.12. The fourth-order valence-corrected chi connectivity index (χ4v) is 4.79. The molecule has 10 heteroatoms. The summed E-state index contributed by atoms with van der Waals surface area (Å²) in [6.07, 6.45) is 1.82. The number of fused-ring (bicyclic) bond motifs is 1. The molecule has 166 valence electrons. The molecule has 0 aliphatic carbocycles. The van der Waals surface area contributed by atoms with Gasteiger partial charge in [-0.2, -0.15) is 0 Å². The van der Waals surface area contributed by atoms with Crippen molar-refractivity contribution in [3.8, 4) is 17.2 Å². The van der Waals surface area contributed by atoms with Gasteiger partial charge >= 0.3 is 0 Å². The lowest BCUT2D eigenvalue weighted by molar-refractivity contribution is -0.118. The number of anilines is 1. The Bertz CT molecular complexity index is 1210. The Morgan fingerprint density at radius 1 is 1.03 bits per heavy atom. The summed E-state index contributed by atoms with van der Waals surface area (Å²) in [6.45, 7) is 1.42. The number of benzene rings is 2. The monoisotopic (exact) mass is 447 g/mol. The molecular weight excluding hydrogens is 422 g/mol. The molecule has 0 spiro atoms. The van der Waals surface area contributed by atoms with E-state index < -0.39 is 22.0 Å². The third-order valence-electron chi connectivity index (χ3n) is 4.87. The van der Waals surface area contributed by atoms with Crippen LogP contribution < -0.4 is 24.2 Å². The topological polar surface area (TPSA) is 113 Å². The lowest BCUT2D eigenvalue weighted by Crippen LogP contribution is -2.45. The van der Waals surface area contributed by atoms with Gasteiger partial charge in [0.2, 0.25) is 5.75 Å². The number of methoxy groups -OCH3 is 3. The third kappa shape index (κ3) is 3.91. The molecule has 2 aromatic carbocycles. The maximum absolute atomic E-state index is 13.6. The van der Waals surface area contributed by atoms with Gasteiger partial charge in [-0.1, -0.05) is 0 Å². The van der Waals surface area contributed by atoms with E-state index in [0.29, 0.717) is 4.31 Å². The first-order valence-electron chi connectivity index (χ1n) is 9.35. The van der Waals surface area contributed by atoms with E-state index in [1.54, 1.807) is 12.1 Å². The summed E-state index contributed by atoms with van der Waals surface area (Å²) >= 11 is 0. The Hall–Kier alpha value is -3.24. The summed E-state index contributed by atoms with van der Waals surface area (Å²) in [4.78, 5) is 12.9. The number of rotatable bonds is 7. The van der Waals surface area contributed by atoms with Gasteiger partial charge in [-0.3, -0.25) is 4.79 Å². The molecule has 0 aliphatic heterocycles. The standard InChI is InChI=1S/C21H25N3O6S/c1-13(22)21(25)24(15-11-18(28-3)20(30-5)19(12-15)29-4)31(26,27)16-6-7-17-14(10-16)8-9-23(17)2/h6-13H,22H2,1-5H3/t13-/m0/s1. The number of sulfonamides is 1. The van der Waals surface area contributed by atoms with Gasteiger partial charge < -0.3 is 24.5 Å². The lowest BCUT2D eigenvalue weighted by atomic mass is 10.2. The molecule has 0 aliphatic rings. The number of nitrogens with two attached hydrogens (primary N) is 1. The summed E-state index contributed by atoms with van der Waals surface area (Å²) in [5.41, 5.74) is 6.67. The number of nitrogens with zero attached hydrogens (tertiary/aromatic N) is 2. The first-order chi connectivity index (χ1) is 14.6. The molecule has 3 rings (SSSR count). The van der Waals surface area contributed by atoms with Crippen LogP contribution in [0.3, 0.4) is 0 Å². The molecule has 3 aromatic rings. The highest BCUT2D eigenvalue weighted by molar-refractivity contribution is 7.93. The van der Waals surface area contributed by atoms with Gasteiger partial charge in [0, 0.05) is 36.3 Å². The number of ether oxygens (including phenoxy) is 3. The Morgan fingerprint density at radius 2 is 1.65 bits per heavy atom. The molecule has 0 radical (unpaired) electrons. The maximum Gasteiger partial charge on any atom is 0.270 e. The minimum Gasteiger partial charge on any atom is -0.493 e. The van der Waals surface area contributed by atoms with E-state index in [1.807, 2.05) is 17.8 Å². The van der Waals surface area contributed by atoms with Crippen molar-refractivity contribution in [1.29, 1.82) is 0 Å². The van der Waals surface area contributed by atoms with Crippen LogP contribution in [0.4, 0.5) is 5.69 Å². The molecule has 1 heterocycles. The SMILES string of the molecule is COc1cc(N(C(=O)[C@H](C)N)S(=O)(=O)c2ccc3c(ccn3C)c2)cc(OC)c1OC. The van der Waals surface area contributed by atoms with Gasteiger partial charge in [-0.05, 0) is 31.2 Å². The van der Waals surface area contributed by atoms with E-state index >= 15 is 0 Å². The highest BCUT2D eigenvalue weighted by Gasteiger charge is 2.34. The molecule has 0 saturated carbocycles. The van der Waals surface area contributed by atoms with Crippen LogP contribution in [-0.2, 0) is 21.9 Å². The number of amides is 1. The number of aromatic nitrogens is 1. The second kappa shape index (κ2) is 8.48. The highest BCUT2D eigenvalue weighted by atomic mass is 32.2. The van der Waals surface area contributed by atoms with Crippen LogP contribution in [0, 0.1) is 0 Å². The second-order valence-electron chi connectivity index (χ2n) is 6.93. The predicted molar refractivity (Wildman–Crippen MR) is 117 cm³/mol. The van der Waals surface area contributed by atoms with E-state index in [2.05, 4.69) is 0 Å². The Labute approximate surface area is 181 Å². The van der Waals surface area contributed by atoms with Crippen molar-refractivity contribution in [2.45, 2.75) is 17.9 Å². The van der Waals surface area contributed by atoms with Crippen LogP contribution in [0.2, 0.25) is 0 Å². The average molecular weight is 448 g/mol. The molecule has 0 unspecified atom stereocenters. The van der Waals surface area contributed by atoms with Gasteiger partial charge in [0.1, 0.15) is 0 Å². The number of carbonyl (C=O) groups excluding carboxylic acids is 1. The van der Waals surface area contributed by atoms with Gasteiger partial charge in [0.05, 0.1) is 38.0 Å². The predicted octanol–water partition coefficient (Wildman–Crippen LogP) is 2.27. The Balaban J connectivity index is 2.24. The van der Waals surface area contributed by atoms with E-state index in [-0.39, 0.29) is 27.8 Å². The normalized spacial score (nSPS) is 12.5. The first-order valence-corrected chi connectivity index (χ1v) is 10.8. The minimum absolute atomic E-state index is 0.0185. The van der Waals surface area contributed by atoms with Crippen molar-refractivity contribution in [2.24, 2.45) is 12.8 Å². The van der Waals surface area contributed by atoms with Crippen molar-refractivity contribution in [1.82, 2.24) is 4.57 Å². The van der Waals surface area contributed by atoms with Crippen molar-refractivity contribution >= 4 is 32.5 Å². The Kier molecular flexibility index (Phi) is 6.14. The van der Waals surface area contributed by atoms with E-state index in [0.717, 1.165) is 10.9 Å². The summed E-state index contributed by atoms with van der Waals surface area (Å²) in [5.74, 6) is -0.131. The summed E-state index contributed by atoms with van der Waals surface area (Å²) in [6, 6.07) is 8.16. The highest BCUT2D eigenvalue weighted by Crippen LogP contribution is 2.42. The molecule has 0 fully saturated rings. The molecule has 1 amide bonds. The number of aryl methyl sites for hydroxylation is 1. The number of carbonyl (C=O) groups is 1. The summed E-state index contributed by atoms with van der Waals surface area (Å²) in [7, 11) is 1.78. The van der Waals surface area contributed by atoms with Gasteiger partial charge in [-0.25, -0.2) is 12.7 Å². The van der Waals surface area contributed by atoms with Crippen molar-refractivity contribution in [2.75, 3.05) is 25.6 Å². The third-order valence-corrected chi connectivity index (χ3v) is 6.59. The Morgan fingerprint density at radius 3 is 2.16 bits per heavy atom. The second-order valence-corrected chi connectivity index (χ2v) is 8.71. The number of hydrogen-bond donors (Lipinski definition) is 1. The fourth-order valence-electron chi connectivity index (χ4n) is 3.28. The zero-order valence-electron chi connectivity index (χ0n) is 17.9. The van der Waals surface area contributed by atoms with Gasteiger partial charge in [-0.15, -0.1) is 0 Å². The summed E-state index contributed by atoms with van der Waals surface area (Å²) in [5, 5.41) is 0.724. The smallest absolute Gasteiger partial charge is 0.270 e. The number of hydrogen-bond acceptors (Lipinski definition) is 7. The van der Waals surface area contributed by atoms with Crippen molar-refractivity contribution in [3.05, 3.63) is 42.6 Å². The van der Waals surface area contributed by atoms with Crippen LogP contribution in [-0.4, -0.2) is 46.3 Å². The van der Waals surface area contributed by atoms with Crippen molar-refractivity contribution in [3.63, 3.8) is 0 Å². The van der Waals surface area contributed by atoms with Crippen LogP contribution >= 0.6 is 0 Å². The molecular formula is C21H25N3O6S. The van der Waals surface area contributed by atoms with Crippen LogP contribution in [0.25, 0.3) is 10.9 Å². The van der Waals surface area contributed by atoms with E-state index in [4.69, 9.17) is 19.9 Å². The first kappa shape index (κ1) is 22.4. The largest absolute Gasteiger partial charge is 0.493 e. The fraction of sp³-hybridized carbons (Fsp3) is 0.286.